The highest BCUT2D eigenvalue weighted by Crippen LogP contribution is 2.42. The van der Waals surface area contributed by atoms with Gasteiger partial charge in [0, 0.05) is 60.7 Å². The number of nitrogens with zero attached hydrogens (tertiary/aromatic N) is 5. The zero-order valence-electron chi connectivity index (χ0n) is 38.4. The molecule has 0 saturated heterocycles. The van der Waals surface area contributed by atoms with Gasteiger partial charge in [-0.25, -0.2) is 15.0 Å². The third kappa shape index (κ3) is 6.24. The van der Waals surface area contributed by atoms with Crippen molar-refractivity contribution in [3.63, 3.8) is 0 Å². The summed E-state index contributed by atoms with van der Waals surface area (Å²) in [5.74, 6) is 1.91. The SMILES string of the molecule is C1=CC(c2nc(-c3ccc4c(c3)oc3ccc5ccc(-n6c7ccccc7c7cc8ccccc8cc76)cc5c34)nc(-c3cccc4c5ccccc5n(-c5ccccc5)c34)n2)CC=C1c1ccccc1. The summed E-state index contributed by atoms with van der Waals surface area (Å²) in [4.78, 5) is 16.1. The molecule has 1 aliphatic carbocycles. The number of aromatic nitrogens is 5. The Morgan fingerprint density at radius 1 is 0.423 bits per heavy atom. The van der Waals surface area contributed by atoms with E-state index in [2.05, 4.69) is 240 Å². The van der Waals surface area contributed by atoms with Gasteiger partial charge in [0.15, 0.2) is 11.6 Å². The molecular weight excluding hydrogens is 867 g/mol. The Balaban J connectivity index is 0.904. The lowest BCUT2D eigenvalue weighted by Crippen LogP contribution is -2.09. The number of fused-ring (bicyclic) bond motifs is 12. The van der Waals surface area contributed by atoms with Crippen molar-refractivity contribution in [3.8, 4) is 34.2 Å². The molecule has 71 heavy (non-hydrogen) atoms. The van der Waals surface area contributed by atoms with Crippen LogP contribution in [0.3, 0.4) is 0 Å². The van der Waals surface area contributed by atoms with Crippen LogP contribution in [-0.2, 0) is 0 Å². The number of rotatable bonds is 6. The van der Waals surface area contributed by atoms with Gasteiger partial charge in [0.2, 0.25) is 0 Å². The molecule has 6 nitrogen and oxygen atoms in total. The molecular formula is C65H41N5O. The molecule has 4 aromatic heterocycles. The Bertz CT molecular complexity index is 4560. The van der Waals surface area contributed by atoms with Gasteiger partial charge in [-0.15, -0.1) is 0 Å². The van der Waals surface area contributed by atoms with Gasteiger partial charge in [-0.05, 0) is 112 Å². The Hall–Kier alpha value is -9.39. The molecule has 0 N–H and O–H groups in total. The van der Waals surface area contributed by atoms with Crippen LogP contribution < -0.4 is 0 Å². The minimum absolute atomic E-state index is 0.0501. The van der Waals surface area contributed by atoms with E-state index in [-0.39, 0.29) is 5.92 Å². The average molecular weight is 908 g/mol. The van der Waals surface area contributed by atoms with Crippen LogP contribution in [0.25, 0.3) is 127 Å². The summed E-state index contributed by atoms with van der Waals surface area (Å²) in [6, 6.07) is 75.7. The van der Waals surface area contributed by atoms with Crippen LogP contribution in [0, 0.1) is 0 Å². The lowest BCUT2D eigenvalue weighted by Gasteiger charge is -2.17. The van der Waals surface area contributed by atoms with E-state index in [0.717, 1.165) is 83.9 Å². The van der Waals surface area contributed by atoms with Gasteiger partial charge in [-0.3, -0.25) is 0 Å². The minimum Gasteiger partial charge on any atom is -0.456 e. The van der Waals surface area contributed by atoms with Gasteiger partial charge in [-0.2, -0.15) is 0 Å². The highest BCUT2D eigenvalue weighted by atomic mass is 16.3. The number of hydrogen-bond donors (Lipinski definition) is 0. The molecule has 10 aromatic carbocycles. The van der Waals surface area contributed by atoms with Gasteiger partial charge in [0.05, 0.1) is 22.1 Å². The lowest BCUT2D eigenvalue weighted by molar-refractivity contribution is 0.669. The second kappa shape index (κ2) is 15.6. The van der Waals surface area contributed by atoms with E-state index in [4.69, 9.17) is 19.4 Å². The van der Waals surface area contributed by atoms with E-state index in [1.165, 1.54) is 49.1 Å². The predicted octanol–water partition coefficient (Wildman–Crippen LogP) is 16.7. The van der Waals surface area contributed by atoms with Gasteiger partial charge in [0.25, 0.3) is 0 Å². The average Bonchev–Trinajstić information content (AvgIpc) is 4.10. The second-order valence-electron chi connectivity index (χ2n) is 18.7. The van der Waals surface area contributed by atoms with Crippen LogP contribution >= 0.6 is 0 Å². The molecule has 0 aliphatic heterocycles. The van der Waals surface area contributed by atoms with E-state index >= 15 is 0 Å². The maximum absolute atomic E-state index is 6.81. The predicted molar refractivity (Wildman–Crippen MR) is 293 cm³/mol. The molecule has 332 valence electrons. The van der Waals surface area contributed by atoms with Crippen molar-refractivity contribution in [2.75, 3.05) is 0 Å². The highest BCUT2D eigenvalue weighted by molar-refractivity contribution is 6.20. The molecule has 14 aromatic rings. The molecule has 6 heteroatoms. The molecule has 1 unspecified atom stereocenters. The molecule has 4 heterocycles. The highest BCUT2D eigenvalue weighted by Gasteiger charge is 2.24. The molecule has 0 saturated carbocycles. The third-order valence-corrected chi connectivity index (χ3v) is 14.6. The van der Waals surface area contributed by atoms with E-state index in [1.54, 1.807) is 0 Å². The van der Waals surface area contributed by atoms with E-state index in [0.29, 0.717) is 11.6 Å². The maximum Gasteiger partial charge on any atom is 0.165 e. The van der Waals surface area contributed by atoms with Crippen molar-refractivity contribution in [1.29, 1.82) is 0 Å². The van der Waals surface area contributed by atoms with Crippen LogP contribution in [-0.4, -0.2) is 24.1 Å². The summed E-state index contributed by atoms with van der Waals surface area (Å²) in [5.41, 5.74) is 12.5. The van der Waals surface area contributed by atoms with E-state index in [9.17, 15) is 0 Å². The fourth-order valence-corrected chi connectivity index (χ4v) is 11.3. The fraction of sp³-hybridized carbons (Fsp3) is 0.0308. The van der Waals surface area contributed by atoms with Crippen LogP contribution in [0.15, 0.2) is 235 Å². The fourth-order valence-electron chi connectivity index (χ4n) is 11.3. The number of para-hydroxylation sites is 4. The summed E-state index contributed by atoms with van der Waals surface area (Å²) in [6.07, 6.45) is 7.52. The quantitative estimate of drug-likeness (QED) is 0.167. The molecule has 0 amide bonds. The van der Waals surface area contributed by atoms with Gasteiger partial charge in [-0.1, -0.05) is 158 Å². The first kappa shape index (κ1) is 39.6. The Morgan fingerprint density at radius 3 is 1.94 bits per heavy atom. The molecule has 0 bridgehead atoms. The molecule has 15 rings (SSSR count). The summed E-state index contributed by atoms with van der Waals surface area (Å²) < 4.78 is 11.6. The van der Waals surface area contributed by atoms with Gasteiger partial charge >= 0.3 is 0 Å². The van der Waals surface area contributed by atoms with Crippen molar-refractivity contribution >= 4 is 92.7 Å². The minimum atomic E-state index is -0.0501. The van der Waals surface area contributed by atoms with Crippen LogP contribution in [0.4, 0.5) is 0 Å². The first-order chi connectivity index (χ1) is 35.2. The van der Waals surface area contributed by atoms with Crippen molar-refractivity contribution in [2.45, 2.75) is 12.3 Å². The monoisotopic (exact) mass is 907 g/mol. The summed E-state index contributed by atoms with van der Waals surface area (Å²) in [6.45, 7) is 0. The standard InChI is InChI=1S/C65H41N5O/c1-3-14-40(15-4-1)41-26-28-43(29-27-41)63-66-64(68-65(67-63)53-23-13-22-51-49-20-9-12-25-57(49)70(62(51)53)47-18-5-2-6-19-47)46-31-34-52-60(38-46)71-59-35-32-42-30-33-48(39-54(42)61(52)59)69-56-24-11-10-21-50(56)55-36-44-16-7-8-17-45(44)37-58(55)69/h1-28,30-39,43H,29H2. The number of furan rings is 1. The normalized spacial score (nSPS) is 14.0. The van der Waals surface area contributed by atoms with Gasteiger partial charge in [0.1, 0.15) is 17.0 Å². The number of allylic oxidation sites excluding steroid dienone is 4. The smallest absolute Gasteiger partial charge is 0.165 e. The topological polar surface area (TPSA) is 61.7 Å². The van der Waals surface area contributed by atoms with E-state index in [1.807, 2.05) is 0 Å². The Kier molecular flexibility index (Phi) is 8.68. The Labute approximate surface area is 407 Å². The number of benzene rings is 10. The summed E-state index contributed by atoms with van der Waals surface area (Å²) in [5, 5.41) is 11.7. The van der Waals surface area contributed by atoms with Crippen molar-refractivity contribution < 1.29 is 4.42 Å². The second-order valence-corrected chi connectivity index (χ2v) is 18.7. The van der Waals surface area contributed by atoms with Crippen LogP contribution in [0.1, 0.15) is 23.7 Å². The summed E-state index contributed by atoms with van der Waals surface area (Å²) in [7, 11) is 0. The zero-order valence-corrected chi connectivity index (χ0v) is 38.4. The first-order valence-corrected chi connectivity index (χ1v) is 24.3. The molecule has 1 aliphatic rings. The van der Waals surface area contributed by atoms with Crippen LogP contribution in [0.5, 0.6) is 0 Å². The van der Waals surface area contributed by atoms with Crippen molar-refractivity contribution in [2.24, 2.45) is 0 Å². The lowest BCUT2D eigenvalue weighted by atomic mass is 9.92. The maximum atomic E-state index is 6.81. The molecule has 1 atom stereocenters. The van der Waals surface area contributed by atoms with Crippen LogP contribution in [0.2, 0.25) is 0 Å². The zero-order chi connectivity index (χ0) is 46.6. The Morgan fingerprint density at radius 2 is 1.13 bits per heavy atom. The molecule has 0 spiro atoms. The van der Waals surface area contributed by atoms with E-state index < -0.39 is 0 Å². The molecule has 0 fully saturated rings. The summed E-state index contributed by atoms with van der Waals surface area (Å²) >= 11 is 0. The number of hydrogen-bond acceptors (Lipinski definition) is 4. The van der Waals surface area contributed by atoms with Crippen molar-refractivity contribution in [1.82, 2.24) is 24.1 Å². The molecule has 0 radical (unpaired) electrons. The largest absolute Gasteiger partial charge is 0.456 e. The van der Waals surface area contributed by atoms with Crippen molar-refractivity contribution in [3.05, 3.63) is 242 Å². The first-order valence-electron chi connectivity index (χ1n) is 24.3. The third-order valence-electron chi connectivity index (χ3n) is 14.6. The van der Waals surface area contributed by atoms with Gasteiger partial charge < -0.3 is 13.6 Å².